The maximum atomic E-state index is 5.45. The molecule has 0 bridgehead atoms. The van der Waals surface area contributed by atoms with Gasteiger partial charge in [0.25, 0.3) is 0 Å². The fourth-order valence-corrected chi connectivity index (χ4v) is 3.59. The number of ether oxygens (including phenoxy) is 2. The van der Waals surface area contributed by atoms with Gasteiger partial charge in [0.1, 0.15) is 0 Å². The highest BCUT2D eigenvalue weighted by Gasteiger charge is 2.09. The van der Waals surface area contributed by atoms with Crippen LogP contribution in [0.1, 0.15) is 0 Å². The zero-order valence-electron chi connectivity index (χ0n) is 10.1. The third kappa shape index (κ3) is 2.68. The fourth-order valence-electron chi connectivity index (χ4n) is 1.91. The second-order valence-corrected chi connectivity index (χ2v) is 5.75. The van der Waals surface area contributed by atoms with E-state index in [0.717, 1.165) is 11.5 Å². The molecule has 2 nitrogen and oxygen atoms in total. The second-order valence-electron chi connectivity index (χ2n) is 3.82. The van der Waals surface area contributed by atoms with E-state index in [-0.39, 0.29) is 0 Å². The van der Waals surface area contributed by atoms with Gasteiger partial charge in [-0.05, 0) is 11.3 Å². The molecule has 0 aliphatic rings. The highest BCUT2D eigenvalue weighted by Crippen LogP contribution is 2.23. The van der Waals surface area contributed by atoms with E-state index in [4.69, 9.17) is 9.47 Å². The third-order valence-corrected chi connectivity index (χ3v) is 4.54. The Balaban J connectivity index is 2.33. The van der Waals surface area contributed by atoms with E-state index in [1.165, 1.54) is 10.4 Å². The average Bonchev–Trinajstić information content (AvgIpc) is 2.39. The summed E-state index contributed by atoms with van der Waals surface area (Å²) >= 11 is 0. The van der Waals surface area contributed by atoms with E-state index in [1.807, 2.05) is 18.2 Å². The van der Waals surface area contributed by atoms with E-state index in [0.29, 0.717) is 0 Å². The highest BCUT2D eigenvalue weighted by molar-refractivity contribution is 6.68. The Morgan fingerprint density at radius 2 is 1.59 bits per heavy atom. The average molecular weight is 244 g/mol. The van der Waals surface area contributed by atoms with Crippen LogP contribution in [-0.2, 0) is 0 Å². The minimum Gasteiger partial charge on any atom is -0.493 e. The van der Waals surface area contributed by atoms with Crippen molar-refractivity contribution in [3.63, 3.8) is 0 Å². The molecule has 0 radical (unpaired) electrons. The first-order valence-electron chi connectivity index (χ1n) is 5.59. The minimum atomic E-state index is -0.510. The van der Waals surface area contributed by atoms with Gasteiger partial charge in [0.15, 0.2) is 11.5 Å². The molecule has 0 aromatic heterocycles. The molecule has 0 unspecified atom stereocenters. The molecular weight excluding hydrogens is 228 g/mol. The van der Waals surface area contributed by atoms with Gasteiger partial charge in [0, 0.05) is 0 Å². The van der Waals surface area contributed by atoms with Crippen LogP contribution in [0.5, 0.6) is 11.5 Å². The number of hydrogen-bond donors (Lipinski definition) is 0. The van der Waals surface area contributed by atoms with E-state index >= 15 is 0 Å². The molecule has 0 aliphatic carbocycles. The van der Waals surface area contributed by atoms with Gasteiger partial charge in [-0.3, -0.25) is 0 Å². The minimum absolute atomic E-state index is 0.510. The molecule has 0 spiro atoms. The van der Waals surface area contributed by atoms with Crippen molar-refractivity contribution in [2.75, 3.05) is 14.2 Å². The third-order valence-electron chi connectivity index (χ3n) is 2.72. The molecule has 0 amide bonds. The summed E-state index contributed by atoms with van der Waals surface area (Å²) in [6.45, 7) is 0. The molecule has 0 heterocycles. The Kier molecular flexibility index (Phi) is 3.83. The summed E-state index contributed by atoms with van der Waals surface area (Å²) in [6, 6.07) is 16.6. The van der Waals surface area contributed by atoms with Crippen molar-refractivity contribution < 1.29 is 9.47 Å². The van der Waals surface area contributed by atoms with Crippen LogP contribution >= 0.6 is 0 Å². The Hall–Kier alpha value is -1.74. The number of rotatable bonds is 4. The van der Waals surface area contributed by atoms with E-state index < -0.39 is 9.52 Å². The number of para-hydroxylation sites is 1. The lowest BCUT2D eigenvalue weighted by Crippen LogP contribution is -2.28. The highest BCUT2D eigenvalue weighted by atomic mass is 28.2. The first-order valence-corrected chi connectivity index (χ1v) is 7.00. The summed E-state index contributed by atoms with van der Waals surface area (Å²) in [5, 5.41) is 2.68. The molecular formula is C14H16O2Si. The van der Waals surface area contributed by atoms with E-state index in [2.05, 4.69) is 30.3 Å². The molecule has 2 aromatic rings. The quantitative estimate of drug-likeness (QED) is 0.742. The lowest BCUT2D eigenvalue weighted by atomic mass is 10.3. The maximum Gasteiger partial charge on any atom is 0.160 e. The van der Waals surface area contributed by atoms with Crippen LogP contribution in [0, 0.1) is 0 Å². The smallest absolute Gasteiger partial charge is 0.160 e. The van der Waals surface area contributed by atoms with Gasteiger partial charge in [-0.1, -0.05) is 47.7 Å². The van der Waals surface area contributed by atoms with Crippen LogP contribution < -0.4 is 19.8 Å². The van der Waals surface area contributed by atoms with Crippen molar-refractivity contribution in [2.24, 2.45) is 0 Å². The Bertz CT molecular complexity index is 483. The summed E-state index contributed by atoms with van der Waals surface area (Å²) in [6.07, 6.45) is 0. The SMILES string of the molecule is COc1cccc([SiH2]c2ccccc2)c1OC. The van der Waals surface area contributed by atoms with E-state index in [9.17, 15) is 0 Å². The summed E-state index contributed by atoms with van der Waals surface area (Å²) in [5.74, 6) is 1.69. The Morgan fingerprint density at radius 3 is 2.24 bits per heavy atom. The van der Waals surface area contributed by atoms with Crippen molar-refractivity contribution >= 4 is 19.9 Å². The monoisotopic (exact) mass is 244 g/mol. The molecule has 17 heavy (non-hydrogen) atoms. The van der Waals surface area contributed by atoms with Crippen molar-refractivity contribution in [1.29, 1.82) is 0 Å². The van der Waals surface area contributed by atoms with Crippen molar-refractivity contribution in [3.8, 4) is 11.5 Å². The van der Waals surface area contributed by atoms with Gasteiger partial charge >= 0.3 is 0 Å². The number of benzene rings is 2. The fraction of sp³-hybridized carbons (Fsp3) is 0.143. The summed E-state index contributed by atoms with van der Waals surface area (Å²) in [4.78, 5) is 0. The topological polar surface area (TPSA) is 18.5 Å². The van der Waals surface area contributed by atoms with E-state index in [1.54, 1.807) is 14.2 Å². The predicted octanol–water partition coefficient (Wildman–Crippen LogP) is 0.823. The van der Waals surface area contributed by atoms with Crippen molar-refractivity contribution in [3.05, 3.63) is 48.5 Å². The molecule has 0 saturated heterocycles. The normalized spacial score (nSPS) is 10.7. The number of methoxy groups -OCH3 is 2. The van der Waals surface area contributed by atoms with Crippen LogP contribution in [0.25, 0.3) is 0 Å². The molecule has 0 saturated carbocycles. The lowest BCUT2D eigenvalue weighted by molar-refractivity contribution is 0.357. The van der Waals surface area contributed by atoms with Gasteiger partial charge in [0.2, 0.25) is 0 Å². The molecule has 2 aromatic carbocycles. The van der Waals surface area contributed by atoms with Crippen LogP contribution in [-0.4, -0.2) is 23.7 Å². The van der Waals surface area contributed by atoms with Crippen molar-refractivity contribution in [2.45, 2.75) is 0 Å². The largest absolute Gasteiger partial charge is 0.493 e. The zero-order chi connectivity index (χ0) is 12.1. The van der Waals surface area contributed by atoms with Gasteiger partial charge in [-0.25, -0.2) is 0 Å². The van der Waals surface area contributed by atoms with Crippen LogP contribution in [0.2, 0.25) is 0 Å². The van der Waals surface area contributed by atoms with Crippen LogP contribution in [0.15, 0.2) is 48.5 Å². The molecule has 3 heteroatoms. The first-order chi connectivity index (χ1) is 8.35. The zero-order valence-corrected chi connectivity index (χ0v) is 11.6. The van der Waals surface area contributed by atoms with Gasteiger partial charge in [0.05, 0.1) is 23.7 Å². The molecule has 0 fully saturated rings. The molecule has 0 N–H and O–H groups in total. The molecule has 0 atom stereocenters. The Morgan fingerprint density at radius 1 is 0.824 bits per heavy atom. The van der Waals surface area contributed by atoms with Gasteiger partial charge < -0.3 is 9.47 Å². The van der Waals surface area contributed by atoms with Crippen LogP contribution in [0.4, 0.5) is 0 Å². The van der Waals surface area contributed by atoms with Gasteiger partial charge in [-0.2, -0.15) is 0 Å². The standard InChI is InChI=1S/C14H16O2Si/c1-15-12-9-6-10-13(14(12)16-2)17-11-7-4-3-5-8-11/h3-10H,17H2,1-2H3. The molecule has 88 valence electrons. The van der Waals surface area contributed by atoms with Crippen molar-refractivity contribution in [1.82, 2.24) is 0 Å². The van der Waals surface area contributed by atoms with Gasteiger partial charge in [-0.15, -0.1) is 0 Å². The molecule has 0 aliphatic heterocycles. The second kappa shape index (κ2) is 5.55. The molecule has 2 rings (SSSR count). The lowest BCUT2D eigenvalue weighted by Gasteiger charge is -2.12. The Labute approximate surface area is 104 Å². The predicted molar refractivity (Wildman–Crippen MR) is 73.8 cm³/mol. The number of hydrogen-bond acceptors (Lipinski definition) is 2. The summed E-state index contributed by atoms with van der Waals surface area (Å²) < 4.78 is 10.8. The summed E-state index contributed by atoms with van der Waals surface area (Å²) in [5.41, 5.74) is 0. The first kappa shape index (κ1) is 11.7. The summed E-state index contributed by atoms with van der Waals surface area (Å²) in [7, 11) is 2.86. The maximum absolute atomic E-state index is 5.45. The van der Waals surface area contributed by atoms with Crippen LogP contribution in [0.3, 0.4) is 0 Å².